The Morgan fingerprint density at radius 3 is 2.39 bits per heavy atom. The lowest BCUT2D eigenvalue weighted by Crippen LogP contribution is -2.39. The van der Waals surface area contributed by atoms with E-state index in [1.165, 1.54) is 16.7 Å². The fourth-order valence-corrected chi connectivity index (χ4v) is 4.49. The smallest absolute Gasteiger partial charge is 0.405 e. The van der Waals surface area contributed by atoms with E-state index in [9.17, 15) is 22.8 Å². The Morgan fingerprint density at radius 2 is 1.81 bits per heavy atom. The van der Waals surface area contributed by atoms with Crippen molar-refractivity contribution in [2.75, 3.05) is 19.3 Å². The molecule has 0 radical (unpaired) electrons. The quantitative estimate of drug-likeness (QED) is 0.681. The van der Waals surface area contributed by atoms with Gasteiger partial charge in [-0.3, -0.25) is 9.59 Å². The largest absolute Gasteiger partial charge is 0.573 e. The zero-order valence-electron chi connectivity index (χ0n) is 17.9. The van der Waals surface area contributed by atoms with Crippen LogP contribution in [-0.2, 0) is 7.05 Å². The lowest BCUT2D eigenvalue weighted by molar-refractivity contribution is -0.274. The lowest BCUT2D eigenvalue weighted by atomic mass is 9.97. The number of carbonyl (C=O) groups is 1. The Hall–Kier alpha value is -2.42. The van der Waals surface area contributed by atoms with Gasteiger partial charge in [-0.05, 0) is 56.2 Å². The number of hydrogen-bond acceptors (Lipinski definition) is 4. The summed E-state index contributed by atoms with van der Waals surface area (Å²) in [6.07, 6.45) is 0.257. The maximum absolute atomic E-state index is 13.1. The topological polar surface area (TPSA) is 51.5 Å². The molecule has 1 saturated heterocycles. The Bertz CT molecular complexity index is 1040. The number of nitrogens with zero attached hydrogens (tertiary/aromatic N) is 2. The van der Waals surface area contributed by atoms with Gasteiger partial charge in [-0.25, -0.2) is 0 Å². The lowest BCUT2D eigenvalue weighted by Gasteiger charge is -2.31. The molecule has 1 fully saturated rings. The second-order valence-corrected chi connectivity index (χ2v) is 8.83. The molecular weight excluding hydrogens is 429 g/mol. The van der Waals surface area contributed by atoms with Gasteiger partial charge < -0.3 is 14.2 Å². The molecule has 1 aromatic carbocycles. The predicted octanol–water partition coefficient (Wildman–Crippen LogP) is 4.54. The van der Waals surface area contributed by atoms with Crippen LogP contribution in [0.25, 0.3) is 11.1 Å². The molecule has 0 saturated carbocycles. The Balaban J connectivity index is 2.02. The van der Waals surface area contributed by atoms with Crippen molar-refractivity contribution in [3.05, 3.63) is 51.4 Å². The van der Waals surface area contributed by atoms with Gasteiger partial charge in [0.1, 0.15) is 5.75 Å². The number of aromatic nitrogens is 1. The number of halogens is 3. The van der Waals surface area contributed by atoms with Gasteiger partial charge in [0.2, 0.25) is 0 Å². The standard InChI is InChI=1S/C22H25F3N2O3S/c1-13-14(2)20(28)26(3)12-18(13)15-5-6-17(19(11-15)30-22(23,24)25)21(29)27-9-7-16(31-4)8-10-27/h5-6,11-12,16H,7-10H2,1-4H3. The van der Waals surface area contributed by atoms with Crippen LogP contribution in [0.4, 0.5) is 13.2 Å². The van der Waals surface area contributed by atoms with Crippen molar-refractivity contribution in [2.45, 2.75) is 38.3 Å². The highest BCUT2D eigenvalue weighted by Crippen LogP contribution is 2.34. The summed E-state index contributed by atoms with van der Waals surface area (Å²) in [6.45, 7) is 4.41. The summed E-state index contributed by atoms with van der Waals surface area (Å²) in [5, 5.41) is 0.452. The number of ether oxygens (including phenoxy) is 1. The molecule has 3 rings (SSSR count). The average molecular weight is 455 g/mol. The first kappa shape index (κ1) is 23.2. The Morgan fingerprint density at radius 1 is 1.16 bits per heavy atom. The average Bonchev–Trinajstić information content (AvgIpc) is 2.73. The van der Waals surface area contributed by atoms with E-state index < -0.39 is 18.0 Å². The van der Waals surface area contributed by atoms with Crippen molar-refractivity contribution >= 4 is 17.7 Å². The van der Waals surface area contributed by atoms with Crippen LogP contribution in [0.15, 0.2) is 29.2 Å². The third-order valence-corrected chi connectivity index (χ3v) is 6.88. The highest BCUT2D eigenvalue weighted by Gasteiger charge is 2.34. The number of pyridine rings is 1. The molecule has 1 amide bonds. The summed E-state index contributed by atoms with van der Waals surface area (Å²) >= 11 is 1.73. The second-order valence-electron chi connectivity index (χ2n) is 7.69. The van der Waals surface area contributed by atoms with E-state index in [2.05, 4.69) is 4.74 Å². The van der Waals surface area contributed by atoms with Gasteiger partial charge in [0, 0.05) is 42.7 Å². The van der Waals surface area contributed by atoms with Crippen LogP contribution in [0.3, 0.4) is 0 Å². The number of benzene rings is 1. The van der Waals surface area contributed by atoms with Crippen molar-refractivity contribution in [2.24, 2.45) is 7.05 Å². The van der Waals surface area contributed by atoms with E-state index in [1.807, 2.05) is 6.26 Å². The molecule has 31 heavy (non-hydrogen) atoms. The first-order valence-corrected chi connectivity index (χ1v) is 11.2. The third kappa shape index (κ3) is 5.08. The first-order chi connectivity index (χ1) is 14.5. The van der Waals surface area contributed by atoms with E-state index in [0.29, 0.717) is 40.6 Å². The van der Waals surface area contributed by atoms with Gasteiger partial charge in [0.25, 0.3) is 11.5 Å². The molecule has 0 atom stereocenters. The van der Waals surface area contributed by atoms with Crippen LogP contribution in [-0.4, -0.2) is 46.3 Å². The first-order valence-electron chi connectivity index (χ1n) is 9.91. The highest BCUT2D eigenvalue weighted by molar-refractivity contribution is 7.99. The number of thioether (sulfide) groups is 1. The van der Waals surface area contributed by atoms with E-state index in [-0.39, 0.29) is 11.1 Å². The molecular formula is C22H25F3N2O3S. The molecule has 5 nitrogen and oxygen atoms in total. The number of likely N-dealkylation sites (tertiary alicyclic amines) is 1. The summed E-state index contributed by atoms with van der Waals surface area (Å²) in [5.41, 5.74) is 1.92. The number of carbonyl (C=O) groups excluding carboxylic acids is 1. The minimum atomic E-state index is -4.94. The molecule has 1 aliphatic rings. The number of hydrogen-bond donors (Lipinski definition) is 0. The summed E-state index contributed by atoms with van der Waals surface area (Å²) in [5.74, 6) is -1.01. The highest BCUT2D eigenvalue weighted by atomic mass is 32.2. The minimum Gasteiger partial charge on any atom is -0.405 e. The van der Waals surface area contributed by atoms with Gasteiger partial charge in [0.15, 0.2) is 0 Å². The molecule has 1 aliphatic heterocycles. The van der Waals surface area contributed by atoms with Gasteiger partial charge in [-0.15, -0.1) is 13.2 Å². The fraction of sp³-hybridized carbons (Fsp3) is 0.455. The van der Waals surface area contributed by atoms with Crippen molar-refractivity contribution in [3.8, 4) is 16.9 Å². The summed E-state index contributed by atoms with van der Waals surface area (Å²) in [7, 11) is 1.58. The zero-order valence-corrected chi connectivity index (χ0v) is 18.7. The second kappa shape index (κ2) is 8.98. The molecule has 2 heterocycles. The van der Waals surface area contributed by atoms with Crippen molar-refractivity contribution in [1.82, 2.24) is 9.47 Å². The summed E-state index contributed by atoms with van der Waals surface area (Å²) < 4.78 is 45.0. The molecule has 168 valence electrons. The molecule has 9 heteroatoms. The van der Waals surface area contributed by atoms with Crippen LogP contribution in [0, 0.1) is 13.8 Å². The van der Waals surface area contributed by atoms with Gasteiger partial charge in [-0.1, -0.05) is 6.07 Å². The molecule has 0 spiro atoms. The summed E-state index contributed by atoms with van der Waals surface area (Å²) in [4.78, 5) is 26.7. The van der Waals surface area contributed by atoms with Crippen LogP contribution in [0.5, 0.6) is 5.75 Å². The molecule has 2 aromatic rings. The Kier molecular flexibility index (Phi) is 6.73. The monoisotopic (exact) mass is 454 g/mol. The maximum Gasteiger partial charge on any atom is 0.573 e. The van der Waals surface area contributed by atoms with Crippen LogP contribution in [0.2, 0.25) is 0 Å². The van der Waals surface area contributed by atoms with Crippen LogP contribution in [0.1, 0.15) is 34.3 Å². The van der Waals surface area contributed by atoms with Crippen molar-refractivity contribution in [1.29, 1.82) is 0 Å². The molecule has 0 unspecified atom stereocenters. The van der Waals surface area contributed by atoms with Crippen LogP contribution < -0.4 is 10.3 Å². The number of alkyl halides is 3. The van der Waals surface area contributed by atoms with E-state index in [4.69, 9.17) is 0 Å². The maximum atomic E-state index is 13.1. The Labute approximate surface area is 183 Å². The van der Waals surface area contributed by atoms with Gasteiger partial charge in [-0.2, -0.15) is 11.8 Å². The predicted molar refractivity (Wildman–Crippen MR) is 116 cm³/mol. The van der Waals surface area contributed by atoms with Gasteiger partial charge >= 0.3 is 6.36 Å². The van der Waals surface area contributed by atoms with Gasteiger partial charge in [0.05, 0.1) is 5.56 Å². The molecule has 0 bridgehead atoms. The fourth-order valence-electron chi connectivity index (χ4n) is 3.81. The number of piperidine rings is 1. The summed E-state index contributed by atoms with van der Waals surface area (Å²) in [6, 6.07) is 4.19. The third-order valence-electron chi connectivity index (χ3n) is 5.74. The normalized spacial score (nSPS) is 15.3. The molecule has 1 aromatic heterocycles. The number of rotatable bonds is 4. The minimum absolute atomic E-state index is 0.122. The van der Waals surface area contributed by atoms with Crippen LogP contribution >= 0.6 is 11.8 Å². The number of aryl methyl sites for hydroxylation is 1. The number of amides is 1. The van der Waals surface area contributed by atoms with E-state index in [1.54, 1.807) is 49.8 Å². The van der Waals surface area contributed by atoms with E-state index >= 15 is 0 Å². The SMILES string of the molecule is CSC1CCN(C(=O)c2ccc(-c3cn(C)c(=O)c(C)c3C)cc2OC(F)(F)F)CC1. The zero-order chi connectivity index (χ0) is 22.9. The van der Waals surface area contributed by atoms with Crippen molar-refractivity contribution in [3.63, 3.8) is 0 Å². The van der Waals surface area contributed by atoms with Crippen molar-refractivity contribution < 1.29 is 22.7 Å². The van der Waals surface area contributed by atoms with E-state index in [0.717, 1.165) is 12.8 Å². The molecule has 0 aliphatic carbocycles. The molecule has 0 N–H and O–H groups in total.